The predicted octanol–water partition coefficient (Wildman–Crippen LogP) is 2.52. The Morgan fingerprint density at radius 3 is 2.89 bits per heavy atom. The fraction of sp³-hybridized carbons (Fsp3) is 0.533. The Labute approximate surface area is 117 Å². The van der Waals surface area contributed by atoms with Crippen molar-refractivity contribution in [1.82, 2.24) is 4.90 Å². The summed E-state index contributed by atoms with van der Waals surface area (Å²) in [5.74, 6) is -0.0110. The smallest absolute Gasteiger partial charge is 0.228 e. The van der Waals surface area contributed by atoms with Gasteiger partial charge in [-0.1, -0.05) is 12.1 Å². The zero-order valence-electron chi connectivity index (χ0n) is 10.9. The summed E-state index contributed by atoms with van der Waals surface area (Å²) < 4.78 is 0. The highest BCUT2D eigenvalue weighted by atomic mass is 32.1. The van der Waals surface area contributed by atoms with Crippen LogP contribution in [-0.4, -0.2) is 35.1 Å². The minimum absolute atomic E-state index is 0.145. The van der Waals surface area contributed by atoms with Gasteiger partial charge >= 0.3 is 0 Å². The number of nitrogens with zero attached hydrogens (tertiary/aromatic N) is 1. The Balaban J connectivity index is 1.65. The third-order valence-electron chi connectivity index (χ3n) is 4.16. The Morgan fingerprint density at radius 2 is 2.32 bits per heavy atom. The number of carbonyl (C=O) groups is 1. The first-order chi connectivity index (χ1) is 9.25. The Kier molecular flexibility index (Phi) is 3.71. The number of rotatable bonds is 2. The van der Waals surface area contributed by atoms with E-state index in [9.17, 15) is 9.90 Å². The lowest BCUT2D eigenvalue weighted by molar-refractivity contribution is -0.137. The number of carbonyl (C=O) groups excluding carboxylic acids is 1. The maximum Gasteiger partial charge on any atom is 0.228 e. The SMILES string of the molecule is O=C(C1CCCC1O)N1CC=C(c2cccs2)CC1. The van der Waals surface area contributed by atoms with Crippen LogP contribution in [0.25, 0.3) is 5.57 Å². The van der Waals surface area contributed by atoms with Crippen molar-refractivity contribution in [2.45, 2.75) is 31.8 Å². The van der Waals surface area contributed by atoms with Gasteiger partial charge in [-0.2, -0.15) is 0 Å². The van der Waals surface area contributed by atoms with Crippen LogP contribution < -0.4 is 0 Å². The monoisotopic (exact) mass is 277 g/mol. The quantitative estimate of drug-likeness (QED) is 0.902. The van der Waals surface area contributed by atoms with E-state index in [4.69, 9.17) is 0 Å². The van der Waals surface area contributed by atoms with Crippen LogP contribution >= 0.6 is 11.3 Å². The lowest BCUT2D eigenvalue weighted by atomic mass is 10.0. The van der Waals surface area contributed by atoms with E-state index in [1.165, 1.54) is 10.5 Å². The van der Waals surface area contributed by atoms with Crippen LogP contribution in [0.3, 0.4) is 0 Å². The van der Waals surface area contributed by atoms with Crippen LogP contribution in [0.5, 0.6) is 0 Å². The van der Waals surface area contributed by atoms with E-state index < -0.39 is 6.10 Å². The van der Waals surface area contributed by atoms with Crippen LogP contribution in [-0.2, 0) is 4.79 Å². The van der Waals surface area contributed by atoms with Gasteiger partial charge in [0.25, 0.3) is 0 Å². The van der Waals surface area contributed by atoms with Crippen LogP contribution in [0.2, 0.25) is 0 Å². The van der Waals surface area contributed by atoms with Crippen molar-refractivity contribution in [3.05, 3.63) is 28.5 Å². The molecule has 0 aromatic carbocycles. The molecule has 1 saturated carbocycles. The fourth-order valence-corrected chi connectivity index (χ4v) is 3.82. The van der Waals surface area contributed by atoms with Gasteiger partial charge in [-0.25, -0.2) is 0 Å². The average molecular weight is 277 g/mol. The maximum absolute atomic E-state index is 12.3. The van der Waals surface area contributed by atoms with E-state index in [2.05, 4.69) is 23.6 Å². The topological polar surface area (TPSA) is 40.5 Å². The second-order valence-electron chi connectivity index (χ2n) is 5.35. The van der Waals surface area contributed by atoms with Crippen LogP contribution in [0.1, 0.15) is 30.6 Å². The summed E-state index contributed by atoms with van der Waals surface area (Å²) in [6.45, 7) is 1.47. The van der Waals surface area contributed by atoms with Gasteiger partial charge in [0.1, 0.15) is 0 Å². The number of hydrogen-bond acceptors (Lipinski definition) is 3. The lowest BCUT2D eigenvalue weighted by Gasteiger charge is -2.29. The lowest BCUT2D eigenvalue weighted by Crippen LogP contribution is -2.41. The van der Waals surface area contributed by atoms with Gasteiger partial charge in [-0.05, 0) is 42.7 Å². The molecule has 2 heterocycles. The second kappa shape index (κ2) is 5.47. The van der Waals surface area contributed by atoms with E-state index in [0.29, 0.717) is 6.54 Å². The number of amides is 1. The summed E-state index contributed by atoms with van der Waals surface area (Å²) in [4.78, 5) is 15.6. The third kappa shape index (κ3) is 2.60. The summed E-state index contributed by atoms with van der Waals surface area (Å²) in [6, 6.07) is 4.20. The molecule has 2 aliphatic rings. The van der Waals surface area contributed by atoms with Crippen molar-refractivity contribution >= 4 is 22.8 Å². The number of aliphatic hydroxyl groups is 1. The second-order valence-corrected chi connectivity index (χ2v) is 6.29. The van der Waals surface area contributed by atoms with Gasteiger partial charge in [-0.15, -0.1) is 11.3 Å². The molecule has 2 atom stereocenters. The molecule has 3 rings (SSSR count). The van der Waals surface area contributed by atoms with Gasteiger partial charge in [0.05, 0.1) is 12.0 Å². The molecule has 2 unspecified atom stereocenters. The predicted molar refractivity (Wildman–Crippen MR) is 76.8 cm³/mol. The number of hydrogen-bond donors (Lipinski definition) is 1. The Morgan fingerprint density at radius 1 is 1.42 bits per heavy atom. The van der Waals surface area contributed by atoms with E-state index in [-0.39, 0.29) is 11.8 Å². The van der Waals surface area contributed by atoms with E-state index >= 15 is 0 Å². The summed E-state index contributed by atoms with van der Waals surface area (Å²) in [5.41, 5.74) is 1.35. The fourth-order valence-electron chi connectivity index (χ4n) is 3.02. The molecule has 0 spiro atoms. The van der Waals surface area contributed by atoms with E-state index in [1.54, 1.807) is 11.3 Å². The minimum atomic E-state index is -0.421. The molecule has 102 valence electrons. The zero-order valence-corrected chi connectivity index (χ0v) is 11.7. The molecule has 1 aliphatic carbocycles. The van der Waals surface area contributed by atoms with Crippen molar-refractivity contribution in [1.29, 1.82) is 0 Å². The molecule has 4 heteroatoms. The summed E-state index contributed by atoms with van der Waals surface area (Å²) >= 11 is 1.75. The maximum atomic E-state index is 12.3. The summed E-state index contributed by atoms with van der Waals surface area (Å²) in [5, 5.41) is 11.9. The normalized spacial score (nSPS) is 27.4. The molecule has 19 heavy (non-hydrogen) atoms. The third-order valence-corrected chi connectivity index (χ3v) is 5.10. The largest absolute Gasteiger partial charge is 0.392 e. The Bertz CT molecular complexity index is 480. The van der Waals surface area contributed by atoms with Gasteiger partial charge in [-0.3, -0.25) is 4.79 Å². The van der Waals surface area contributed by atoms with Crippen LogP contribution in [0, 0.1) is 5.92 Å². The van der Waals surface area contributed by atoms with Crippen molar-refractivity contribution in [2.75, 3.05) is 13.1 Å². The van der Waals surface area contributed by atoms with Crippen molar-refractivity contribution in [3.8, 4) is 0 Å². The molecule has 1 aromatic heterocycles. The van der Waals surface area contributed by atoms with Gasteiger partial charge in [0.2, 0.25) is 5.91 Å². The molecule has 1 fully saturated rings. The molecule has 0 radical (unpaired) electrons. The summed E-state index contributed by atoms with van der Waals surface area (Å²) in [6.07, 6.45) is 5.26. The number of thiophene rings is 1. The van der Waals surface area contributed by atoms with Crippen LogP contribution in [0.4, 0.5) is 0 Å². The number of aliphatic hydroxyl groups excluding tert-OH is 1. The van der Waals surface area contributed by atoms with E-state index in [1.807, 2.05) is 4.90 Å². The summed E-state index contributed by atoms with van der Waals surface area (Å²) in [7, 11) is 0. The van der Waals surface area contributed by atoms with Crippen molar-refractivity contribution < 1.29 is 9.90 Å². The molecule has 1 aromatic rings. The highest BCUT2D eigenvalue weighted by Gasteiger charge is 2.34. The first kappa shape index (κ1) is 12.9. The van der Waals surface area contributed by atoms with E-state index in [0.717, 1.165) is 32.2 Å². The molecule has 1 amide bonds. The highest BCUT2D eigenvalue weighted by molar-refractivity contribution is 7.11. The average Bonchev–Trinajstić information content (AvgIpc) is 3.09. The van der Waals surface area contributed by atoms with Gasteiger partial charge in [0.15, 0.2) is 0 Å². The molecular formula is C15H19NO2S. The molecule has 0 saturated heterocycles. The Hall–Kier alpha value is -1.13. The highest BCUT2D eigenvalue weighted by Crippen LogP contribution is 2.30. The molecule has 3 nitrogen and oxygen atoms in total. The molecule has 1 aliphatic heterocycles. The van der Waals surface area contributed by atoms with Crippen molar-refractivity contribution in [3.63, 3.8) is 0 Å². The molecule has 1 N–H and O–H groups in total. The zero-order chi connectivity index (χ0) is 13.2. The first-order valence-electron chi connectivity index (χ1n) is 6.95. The molecular weight excluding hydrogens is 258 g/mol. The molecule has 0 bridgehead atoms. The van der Waals surface area contributed by atoms with Gasteiger partial charge < -0.3 is 10.0 Å². The standard InChI is InChI=1S/C15H19NO2S/c17-13-4-1-3-12(13)15(18)16-8-6-11(7-9-16)14-5-2-10-19-14/h2,5-6,10,12-13,17H,1,3-4,7-9H2. The van der Waals surface area contributed by atoms with Gasteiger partial charge in [0, 0.05) is 18.0 Å². The minimum Gasteiger partial charge on any atom is -0.392 e. The van der Waals surface area contributed by atoms with Crippen molar-refractivity contribution in [2.24, 2.45) is 5.92 Å². The first-order valence-corrected chi connectivity index (χ1v) is 7.83. The van der Waals surface area contributed by atoms with Crippen LogP contribution in [0.15, 0.2) is 23.6 Å².